The number of ether oxygens (including phenoxy) is 1. The predicted octanol–water partition coefficient (Wildman–Crippen LogP) is 2.82. The largest absolute Gasteiger partial charge is 0.739 e. The van der Waals surface area contributed by atoms with Gasteiger partial charge in [-0.05, 0) is 78.4 Å². The van der Waals surface area contributed by atoms with Crippen molar-refractivity contribution in [3.8, 4) is 0 Å². The van der Waals surface area contributed by atoms with Crippen molar-refractivity contribution < 1.29 is 9.53 Å². The zero-order chi connectivity index (χ0) is 21.4. The maximum Gasteiger partial charge on any atom is 0.407 e. The molecule has 1 aromatic rings. The second-order valence-corrected chi connectivity index (χ2v) is 8.22. The van der Waals surface area contributed by atoms with Crippen LogP contribution >= 0.6 is 0 Å². The van der Waals surface area contributed by atoms with Crippen LogP contribution in [0.1, 0.15) is 39.2 Å². The number of fused-ring (bicyclic) bond motifs is 1. The maximum absolute atomic E-state index is 12.1. The number of nitrogens with zero attached hydrogens (tertiary/aromatic N) is 3. The summed E-state index contributed by atoms with van der Waals surface area (Å²) in [5, 5.41) is 18.7. The molecule has 29 heavy (non-hydrogen) atoms. The van der Waals surface area contributed by atoms with E-state index in [1.807, 2.05) is 52.9 Å². The van der Waals surface area contributed by atoms with E-state index >= 15 is 0 Å². The summed E-state index contributed by atoms with van der Waals surface area (Å²) in [5.41, 5.74) is 4.56. The van der Waals surface area contributed by atoms with Crippen LogP contribution in [0.25, 0.3) is 0 Å². The van der Waals surface area contributed by atoms with E-state index in [4.69, 9.17) is 4.74 Å². The molecule has 1 amide bonds. The van der Waals surface area contributed by atoms with Gasteiger partial charge in [0.1, 0.15) is 5.60 Å². The molecule has 1 heterocycles. The van der Waals surface area contributed by atoms with Crippen LogP contribution in [0.4, 0.5) is 16.2 Å². The van der Waals surface area contributed by atoms with Gasteiger partial charge in [0.25, 0.3) is 0 Å². The molecule has 9 nitrogen and oxygen atoms in total. The molecule has 0 aliphatic carbocycles. The quantitative estimate of drug-likeness (QED) is 0.571. The molecule has 0 radical (unpaired) electrons. The predicted molar refractivity (Wildman–Crippen MR) is 117 cm³/mol. The van der Waals surface area contributed by atoms with Gasteiger partial charge in [-0.25, -0.2) is 4.79 Å². The Morgan fingerprint density at radius 1 is 1.31 bits per heavy atom. The number of alkyl carbamates (subject to hydrolysis) is 1. The van der Waals surface area contributed by atoms with Gasteiger partial charge in [0.2, 0.25) is 5.96 Å². The highest BCUT2D eigenvalue weighted by Gasteiger charge is 2.16. The number of guanidine groups is 1. The molecular weight excluding hydrogens is 372 g/mol. The second-order valence-electron chi connectivity index (χ2n) is 8.22. The van der Waals surface area contributed by atoms with E-state index in [1.165, 1.54) is 0 Å². The van der Waals surface area contributed by atoms with E-state index in [0.717, 1.165) is 42.4 Å². The van der Waals surface area contributed by atoms with Crippen LogP contribution in [0.2, 0.25) is 0 Å². The molecule has 0 atom stereocenters. The van der Waals surface area contributed by atoms with Crippen molar-refractivity contribution in [3.63, 3.8) is 0 Å². The summed E-state index contributed by atoms with van der Waals surface area (Å²) in [6.45, 7) is 10.4. The lowest BCUT2D eigenvalue weighted by Crippen LogP contribution is -2.46. The van der Waals surface area contributed by atoms with Gasteiger partial charge in [-0.3, -0.25) is 10.4 Å². The van der Waals surface area contributed by atoms with Gasteiger partial charge < -0.3 is 30.6 Å². The summed E-state index contributed by atoms with van der Waals surface area (Å²) in [5.74, 6) is 0.459. The van der Waals surface area contributed by atoms with E-state index in [0.29, 0.717) is 24.7 Å². The van der Waals surface area contributed by atoms with Gasteiger partial charge in [-0.15, -0.1) is 0 Å². The lowest BCUT2D eigenvalue weighted by Gasteiger charge is -2.38. The first-order valence-corrected chi connectivity index (χ1v) is 9.95. The number of benzene rings is 1. The second kappa shape index (κ2) is 10.3. The number of aliphatic imine (C=N–C) groups is 1. The highest BCUT2D eigenvalue weighted by atomic mass is 16.6. The molecule has 2 rings (SSSR count). The standard InChI is InChI=1S/C20H33N6O3/c1-15-8-9-16-17(14-15)26(28)24-18(23-16)21-10-6-12-25(5)13-7-11-22-19(27)29-20(2,3)4/h8-9,14H,6-7,10-13H2,1-5H3,(H,22,27)(H2,21,23,24)/q-1. The lowest BCUT2D eigenvalue weighted by atomic mass is 10.2. The zero-order valence-electron chi connectivity index (χ0n) is 18.0. The van der Waals surface area contributed by atoms with Crippen molar-refractivity contribution in [1.29, 1.82) is 0 Å². The van der Waals surface area contributed by atoms with Crippen LogP contribution in [-0.2, 0) is 4.74 Å². The van der Waals surface area contributed by atoms with Crippen molar-refractivity contribution in [2.24, 2.45) is 4.99 Å². The summed E-state index contributed by atoms with van der Waals surface area (Å²) >= 11 is 0. The first-order chi connectivity index (χ1) is 13.6. The van der Waals surface area contributed by atoms with Gasteiger partial charge in [-0.2, -0.15) is 0 Å². The number of carbonyl (C=O) groups is 1. The number of nitrogens with one attached hydrogen (secondary N) is 3. The van der Waals surface area contributed by atoms with Crippen LogP contribution in [0, 0.1) is 12.1 Å². The Balaban J connectivity index is 1.62. The number of rotatable bonds is 8. The Bertz CT molecular complexity index is 717. The fourth-order valence-corrected chi connectivity index (χ4v) is 2.80. The van der Waals surface area contributed by atoms with Crippen molar-refractivity contribution in [2.45, 2.75) is 46.1 Å². The minimum absolute atomic E-state index is 0.382. The van der Waals surface area contributed by atoms with Gasteiger partial charge in [0.05, 0.1) is 11.4 Å². The number of hydrogen-bond donors (Lipinski definition) is 3. The number of anilines is 2. The summed E-state index contributed by atoms with van der Waals surface area (Å²) in [6.07, 6.45) is 1.32. The summed E-state index contributed by atoms with van der Waals surface area (Å²) < 4.78 is 5.20. The van der Waals surface area contributed by atoms with E-state index in [2.05, 4.69) is 26.0 Å². The highest BCUT2D eigenvalue weighted by Crippen LogP contribution is 2.28. The molecule has 0 unspecified atom stereocenters. The Kier molecular flexibility index (Phi) is 8.10. The zero-order valence-corrected chi connectivity index (χ0v) is 18.0. The maximum atomic E-state index is 12.1. The third kappa shape index (κ3) is 8.16. The van der Waals surface area contributed by atoms with E-state index in [1.54, 1.807) is 0 Å². The van der Waals surface area contributed by atoms with Gasteiger partial charge >= 0.3 is 6.09 Å². The minimum Gasteiger partial charge on any atom is -0.739 e. The first-order valence-electron chi connectivity index (χ1n) is 9.95. The molecule has 0 saturated heterocycles. The van der Waals surface area contributed by atoms with Crippen LogP contribution in [-0.4, -0.2) is 55.8 Å². The smallest absolute Gasteiger partial charge is 0.407 e. The molecule has 1 aliphatic rings. The van der Waals surface area contributed by atoms with Gasteiger partial charge in [0.15, 0.2) is 0 Å². The van der Waals surface area contributed by atoms with Crippen LogP contribution in [0.5, 0.6) is 0 Å². The summed E-state index contributed by atoms with van der Waals surface area (Å²) in [6, 6.07) is 5.66. The molecule has 0 fully saturated rings. The third-order valence-electron chi connectivity index (χ3n) is 4.19. The van der Waals surface area contributed by atoms with E-state index in [9.17, 15) is 10.0 Å². The Morgan fingerprint density at radius 3 is 2.76 bits per heavy atom. The van der Waals surface area contributed by atoms with Gasteiger partial charge in [-0.1, -0.05) is 6.07 Å². The number of aryl methyl sites for hydroxylation is 1. The van der Waals surface area contributed by atoms with E-state index < -0.39 is 5.60 Å². The number of amides is 1. The third-order valence-corrected chi connectivity index (χ3v) is 4.19. The SMILES string of the molecule is Cc1ccc2c(c1)N([O-])NC(=NCCCN(C)CCCNC(=O)OC(C)(C)C)N2. The highest BCUT2D eigenvalue weighted by molar-refractivity contribution is 6.01. The summed E-state index contributed by atoms with van der Waals surface area (Å²) in [4.78, 5) is 18.2. The van der Waals surface area contributed by atoms with Crippen molar-refractivity contribution >= 4 is 23.4 Å². The fourth-order valence-electron chi connectivity index (χ4n) is 2.80. The molecule has 0 aromatic heterocycles. The van der Waals surface area contributed by atoms with Crippen LogP contribution < -0.4 is 21.2 Å². The van der Waals surface area contributed by atoms with E-state index in [-0.39, 0.29) is 6.09 Å². The molecule has 1 aliphatic heterocycles. The monoisotopic (exact) mass is 405 g/mol. The van der Waals surface area contributed by atoms with Crippen molar-refractivity contribution in [3.05, 3.63) is 29.0 Å². The Morgan fingerprint density at radius 2 is 2.03 bits per heavy atom. The van der Waals surface area contributed by atoms with Crippen LogP contribution in [0.15, 0.2) is 23.2 Å². The van der Waals surface area contributed by atoms with Crippen LogP contribution in [0.3, 0.4) is 0 Å². The normalized spacial score (nSPS) is 15.0. The molecular formula is C20H33N6O3-. The summed E-state index contributed by atoms with van der Waals surface area (Å²) in [7, 11) is 2.04. The first kappa shape index (κ1) is 22.8. The number of hydrazine groups is 1. The average Bonchev–Trinajstić information content (AvgIpc) is 2.61. The molecule has 0 spiro atoms. The molecule has 3 N–H and O–H groups in total. The van der Waals surface area contributed by atoms with Crippen molar-refractivity contribution in [1.82, 2.24) is 15.6 Å². The fraction of sp³-hybridized carbons (Fsp3) is 0.600. The topological polar surface area (TPSA) is 104 Å². The molecule has 162 valence electrons. The van der Waals surface area contributed by atoms with Gasteiger partial charge in [0, 0.05) is 13.1 Å². The number of hydrogen-bond acceptors (Lipinski definition) is 6. The Labute approximate surface area is 173 Å². The minimum atomic E-state index is -0.478. The Hall–Kier alpha value is -2.52. The van der Waals surface area contributed by atoms with Crippen molar-refractivity contribution in [2.75, 3.05) is 43.7 Å². The molecule has 0 bridgehead atoms. The molecule has 1 aromatic carbocycles. The molecule has 0 saturated carbocycles. The molecule has 9 heteroatoms. The average molecular weight is 406 g/mol. The number of carbonyl (C=O) groups excluding carboxylic acids is 1. The lowest BCUT2D eigenvalue weighted by molar-refractivity contribution is 0.0526.